The lowest BCUT2D eigenvalue weighted by atomic mass is 10.1. The molecular formula is C11H11F3NO+. The Morgan fingerprint density at radius 2 is 1.88 bits per heavy atom. The first-order valence-electron chi connectivity index (χ1n) is 4.58. The molecule has 0 atom stereocenters. The van der Waals surface area contributed by atoms with Crippen LogP contribution in [-0.4, -0.2) is 26.2 Å². The molecule has 0 saturated carbocycles. The van der Waals surface area contributed by atoms with Crippen LogP contribution in [0.3, 0.4) is 0 Å². The van der Waals surface area contributed by atoms with Crippen LogP contribution in [0, 0.1) is 0 Å². The topological polar surface area (TPSA) is 23.7 Å². The monoisotopic (exact) mass is 230 g/mol. The van der Waals surface area contributed by atoms with Crippen LogP contribution in [0.5, 0.6) is 0 Å². The molecule has 1 aromatic carbocycles. The third-order valence-electron chi connectivity index (χ3n) is 1.84. The van der Waals surface area contributed by atoms with Gasteiger partial charge in [-0.25, -0.2) is 0 Å². The number of hydrogen-bond acceptors (Lipinski definition) is 1. The van der Waals surface area contributed by atoms with Crippen molar-refractivity contribution in [1.82, 2.24) is 0 Å². The predicted molar refractivity (Wildman–Crippen MR) is 55.9 cm³/mol. The zero-order chi connectivity index (χ0) is 12.0. The van der Waals surface area contributed by atoms with E-state index in [1.165, 1.54) is 18.3 Å². The molecule has 0 radical (unpaired) electrons. The van der Waals surface area contributed by atoms with Crippen LogP contribution in [0.2, 0.25) is 0 Å². The molecule has 0 unspecified atom stereocenters. The SMILES string of the molecule is C=[O+]CCN=Cc1ccc(C(F)(F)F)cc1. The van der Waals surface area contributed by atoms with E-state index >= 15 is 0 Å². The van der Waals surface area contributed by atoms with E-state index in [-0.39, 0.29) is 0 Å². The molecule has 16 heavy (non-hydrogen) atoms. The number of aliphatic imine (C=N–C) groups is 1. The molecule has 0 saturated heterocycles. The van der Waals surface area contributed by atoms with Gasteiger partial charge in [0.25, 0.3) is 13.4 Å². The van der Waals surface area contributed by atoms with E-state index in [9.17, 15) is 13.2 Å². The summed E-state index contributed by atoms with van der Waals surface area (Å²) in [5.41, 5.74) is -0.0391. The van der Waals surface area contributed by atoms with Gasteiger partial charge in [0.05, 0.1) is 5.56 Å². The van der Waals surface area contributed by atoms with E-state index in [0.717, 1.165) is 12.1 Å². The average molecular weight is 230 g/mol. The Labute approximate surface area is 91.1 Å². The van der Waals surface area contributed by atoms with Gasteiger partial charge in [-0.2, -0.15) is 13.2 Å². The fraction of sp³-hybridized carbons (Fsp3) is 0.273. The number of alkyl halides is 3. The molecule has 0 aliphatic carbocycles. The summed E-state index contributed by atoms with van der Waals surface area (Å²) in [6.07, 6.45) is -2.80. The summed E-state index contributed by atoms with van der Waals surface area (Å²) in [5, 5.41) is 0. The Morgan fingerprint density at radius 1 is 1.25 bits per heavy atom. The van der Waals surface area contributed by atoms with Crippen molar-refractivity contribution in [2.24, 2.45) is 4.99 Å². The maximum Gasteiger partial charge on any atom is 0.416 e. The van der Waals surface area contributed by atoms with Crippen molar-refractivity contribution in [3.8, 4) is 0 Å². The van der Waals surface area contributed by atoms with Gasteiger partial charge in [-0.3, -0.25) is 9.42 Å². The minimum absolute atomic E-state index is 0.386. The van der Waals surface area contributed by atoms with Crippen LogP contribution in [0.25, 0.3) is 0 Å². The molecule has 0 bridgehead atoms. The van der Waals surface area contributed by atoms with Crippen LogP contribution in [-0.2, 0) is 10.6 Å². The highest BCUT2D eigenvalue weighted by Gasteiger charge is 2.29. The van der Waals surface area contributed by atoms with Gasteiger partial charge in [0, 0.05) is 6.21 Å². The van der Waals surface area contributed by atoms with Crippen molar-refractivity contribution >= 4 is 13.0 Å². The van der Waals surface area contributed by atoms with E-state index < -0.39 is 11.7 Å². The van der Waals surface area contributed by atoms with Gasteiger partial charge in [0.2, 0.25) is 0 Å². The molecule has 86 valence electrons. The highest BCUT2D eigenvalue weighted by atomic mass is 19.4. The normalized spacial score (nSPS) is 11.9. The zero-order valence-corrected chi connectivity index (χ0v) is 8.50. The van der Waals surface area contributed by atoms with Gasteiger partial charge >= 0.3 is 6.18 Å². The van der Waals surface area contributed by atoms with Crippen LogP contribution in [0.15, 0.2) is 29.3 Å². The Morgan fingerprint density at radius 3 is 2.38 bits per heavy atom. The number of nitrogens with zero attached hydrogens (tertiary/aromatic N) is 1. The molecule has 0 fully saturated rings. The van der Waals surface area contributed by atoms with Gasteiger partial charge in [-0.1, -0.05) is 12.1 Å². The molecule has 2 nitrogen and oxygen atoms in total. The van der Waals surface area contributed by atoms with Crippen LogP contribution >= 0.6 is 0 Å². The second kappa shape index (κ2) is 5.44. The Kier molecular flexibility index (Phi) is 4.22. The maximum absolute atomic E-state index is 12.2. The quantitative estimate of drug-likeness (QED) is 0.431. The molecule has 0 N–H and O–H groups in total. The van der Waals surface area contributed by atoms with Crippen molar-refractivity contribution in [2.45, 2.75) is 6.18 Å². The lowest BCUT2D eigenvalue weighted by Gasteiger charge is -2.05. The van der Waals surface area contributed by atoms with Crippen molar-refractivity contribution in [3.63, 3.8) is 0 Å². The smallest absolute Gasteiger partial charge is 0.283 e. The summed E-state index contributed by atoms with van der Waals surface area (Å²) in [5.74, 6) is 0. The van der Waals surface area contributed by atoms with E-state index in [1.54, 1.807) is 0 Å². The predicted octanol–water partition coefficient (Wildman–Crippen LogP) is 2.49. The fourth-order valence-corrected chi connectivity index (χ4v) is 1.05. The van der Waals surface area contributed by atoms with Crippen LogP contribution < -0.4 is 0 Å². The molecule has 0 aliphatic heterocycles. The number of hydrogen-bond donors (Lipinski definition) is 0. The lowest BCUT2D eigenvalue weighted by Crippen LogP contribution is -2.04. The summed E-state index contributed by atoms with van der Waals surface area (Å²) in [7, 11) is 0. The van der Waals surface area contributed by atoms with Crippen molar-refractivity contribution in [2.75, 3.05) is 13.2 Å². The zero-order valence-electron chi connectivity index (χ0n) is 8.50. The molecule has 1 aromatic rings. The summed E-state index contributed by atoms with van der Waals surface area (Å²) < 4.78 is 41.2. The minimum Gasteiger partial charge on any atom is -0.283 e. The van der Waals surface area contributed by atoms with E-state index in [0.29, 0.717) is 18.7 Å². The fourth-order valence-electron chi connectivity index (χ4n) is 1.05. The van der Waals surface area contributed by atoms with Crippen LogP contribution in [0.4, 0.5) is 13.2 Å². The van der Waals surface area contributed by atoms with E-state index in [1.807, 2.05) is 0 Å². The van der Waals surface area contributed by atoms with Crippen molar-refractivity contribution in [3.05, 3.63) is 35.4 Å². The number of halogens is 3. The summed E-state index contributed by atoms with van der Waals surface area (Å²) >= 11 is 0. The molecule has 0 aromatic heterocycles. The highest BCUT2D eigenvalue weighted by Crippen LogP contribution is 2.28. The third kappa shape index (κ3) is 3.84. The average Bonchev–Trinajstić information content (AvgIpc) is 2.24. The lowest BCUT2D eigenvalue weighted by molar-refractivity contribution is -0.443. The van der Waals surface area contributed by atoms with Gasteiger partial charge in [0.15, 0.2) is 0 Å². The maximum atomic E-state index is 12.2. The van der Waals surface area contributed by atoms with E-state index in [4.69, 9.17) is 0 Å². The summed E-state index contributed by atoms with van der Waals surface area (Å²) in [4.78, 5) is 3.95. The minimum atomic E-state index is -4.29. The summed E-state index contributed by atoms with van der Waals surface area (Å²) in [6, 6.07) is 4.80. The van der Waals surface area contributed by atoms with Crippen molar-refractivity contribution in [1.29, 1.82) is 0 Å². The molecule has 1 rings (SSSR count). The first kappa shape index (κ1) is 12.4. The largest absolute Gasteiger partial charge is 0.416 e. The third-order valence-corrected chi connectivity index (χ3v) is 1.84. The standard InChI is InChI=1S/C11H11F3NO/c1-16-7-6-15-8-9-2-4-10(5-3-9)11(12,13)14/h2-5,8H,1,6-7H2/q+1. The second-order valence-corrected chi connectivity index (χ2v) is 3.06. The Bertz CT molecular complexity index is 368. The highest BCUT2D eigenvalue weighted by molar-refractivity contribution is 5.79. The Balaban J connectivity index is 2.65. The molecule has 0 amide bonds. The number of carbonyl (C=O) groups excluding carboxylic acids is 1. The van der Waals surface area contributed by atoms with Gasteiger partial charge in [-0.05, 0) is 17.7 Å². The second-order valence-electron chi connectivity index (χ2n) is 3.06. The molecule has 5 heteroatoms. The molecule has 0 spiro atoms. The van der Waals surface area contributed by atoms with Crippen molar-refractivity contribution < 1.29 is 17.6 Å². The first-order valence-corrected chi connectivity index (χ1v) is 4.58. The number of benzene rings is 1. The van der Waals surface area contributed by atoms with E-state index in [2.05, 4.69) is 16.2 Å². The Hall–Kier alpha value is -1.65. The number of rotatable bonds is 4. The van der Waals surface area contributed by atoms with Crippen LogP contribution in [0.1, 0.15) is 11.1 Å². The molecular weight excluding hydrogens is 219 g/mol. The van der Waals surface area contributed by atoms with Gasteiger partial charge in [0.1, 0.15) is 6.54 Å². The molecule has 0 heterocycles. The van der Waals surface area contributed by atoms with Gasteiger partial charge < -0.3 is 0 Å². The summed E-state index contributed by atoms with van der Waals surface area (Å²) in [6.45, 7) is 3.99. The molecule has 0 aliphatic rings. The first-order chi connectivity index (χ1) is 7.54. The van der Waals surface area contributed by atoms with Gasteiger partial charge in [-0.15, -0.1) is 0 Å².